The van der Waals surface area contributed by atoms with Gasteiger partial charge in [-0.3, -0.25) is 9.59 Å². The fraction of sp³-hybridized carbons (Fsp3) is 0.267. The van der Waals surface area contributed by atoms with Gasteiger partial charge in [-0.2, -0.15) is 5.26 Å². The van der Waals surface area contributed by atoms with E-state index in [0.717, 1.165) is 5.56 Å². The summed E-state index contributed by atoms with van der Waals surface area (Å²) in [4.78, 5) is 23.1. The average Bonchev–Trinajstić information content (AvgIpc) is 2.47. The summed E-state index contributed by atoms with van der Waals surface area (Å²) >= 11 is 5.96. The number of ether oxygens (including phenoxy) is 1. The van der Waals surface area contributed by atoms with E-state index in [1.54, 1.807) is 31.2 Å². The summed E-state index contributed by atoms with van der Waals surface area (Å²) in [5.41, 5.74) is 1.19. The highest BCUT2D eigenvalue weighted by atomic mass is 35.5. The van der Waals surface area contributed by atoms with Gasteiger partial charge >= 0.3 is 5.97 Å². The minimum atomic E-state index is -0.598. The highest BCUT2D eigenvalue weighted by Crippen LogP contribution is 2.20. The third-order valence-corrected chi connectivity index (χ3v) is 3.00. The number of amides is 1. The Bertz CT molecular complexity index is 635. The van der Waals surface area contributed by atoms with Gasteiger partial charge in [0.05, 0.1) is 6.61 Å². The minimum absolute atomic E-state index is 0.122. The lowest BCUT2D eigenvalue weighted by Gasteiger charge is -2.06. The van der Waals surface area contributed by atoms with Crippen LogP contribution in [0.5, 0.6) is 0 Å². The van der Waals surface area contributed by atoms with E-state index in [0.29, 0.717) is 10.7 Å². The van der Waals surface area contributed by atoms with Gasteiger partial charge in [0.1, 0.15) is 18.2 Å². The van der Waals surface area contributed by atoms with Crippen LogP contribution in [0.4, 0.5) is 5.69 Å². The second-order valence-electron chi connectivity index (χ2n) is 4.27. The third kappa shape index (κ3) is 5.46. The van der Waals surface area contributed by atoms with Crippen LogP contribution in [0.1, 0.15) is 12.5 Å². The van der Waals surface area contributed by atoms with Crippen LogP contribution in [0, 0.1) is 18.3 Å². The van der Waals surface area contributed by atoms with E-state index in [4.69, 9.17) is 21.6 Å². The number of nitrogens with zero attached hydrogens (tertiary/aromatic N) is 1. The van der Waals surface area contributed by atoms with E-state index in [-0.39, 0.29) is 18.7 Å². The number of hydrogen-bond donors (Lipinski definition) is 2. The first-order valence-electron chi connectivity index (χ1n) is 6.54. The molecule has 0 aliphatic rings. The molecule has 1 aromatic carbocycles. The number of rotatable bonds is 6. The molecule has 0 spiro atoms. The maximum atomic E-state index is 11.9. The quantitative estimate of drug-likeness (QED) is 0.476. The Morgan fingerprint density at radius 3 is 2.77 bits per heavy atom. The van der Waals surface area contributed by atoms with Crippen LogP contribution >= 0.6 is 11.6 Å². The third-order valence-electron chi connectivity index (χ3n) is 2.59. The summed E-state index contributed by atoms with van der Waals surface area (Å²) in [6, 6.07) is 6.79. The van der Waals surface area contributed by atoms with Gasteiger partial charge < -0.3 is 15.4 Å². The van der Waals surface area contributed by atoms with Crippen LogP contribution in [-0.4, -0.2) is 25.0 Å². The van der Waals surface area contributed by atoms with Crippen LogP contribution in [0.25, 0.3) is 0 Å². The van der Waals surface area contributed by atoms with Gasteiger partial charge in [0, 0.05) is 16.9 Å². The first kappa shape index (κ1) is 17.5. The van der Waals surface area contributed by atoms with Crippen LogP contribution < -0.4 is 10.6 Å². The lowest BCUT2D eigenvalue weighted by atomic mass is 10.2. The van der Waals surface area contributed by atoms with Crippen molar-refractivity contribution in [1.82, 2.24) is 5.32 Å². The SMILES string of the molecule is CCOC(=O)CN/C=C(/C#N)C(=O)Nc1ccc(C)c(Cl)c1. The zero-order chi connectivity index (χ0) is 16.5. The molecule has 1 amide bonds. The number of nitriles is 1. The second-order valence-corrected chi connectivity index (χ2v) is 4.68. The molecule has 2 N–H and O–H groups in total. The van der Waals surface area contributed by atoms with E-state index in [1.807, 2.05) is 6.92 Å². The Balaban J connectivity index is 2.66. The van der Waals surface area contributed by atoms with Crippen molar-refractivity contribution in [3.05, 3.63) is 40.6 Å². The summed E-state index contributed by atoms with van der Waals surface area (Å²) in [5.74, 6) is -1.07. The van der Waals surface area contributed by atoms with E-state index >= 15 is 0 Å². The lowest BCUT2D eigenvalue weighted by molar-refractivity contribution is -0.141. The fourth-order valence-electron chi connectivity index (χ4n) is 1.47. The standard InChI is InChI=1S/C15H16ClN3O3/c1-3-22-14(20)9-18-8-11(7-17)15(21)19-12-5-4-10(2)13(16)6-12/h4-6,8,18H,3,9H2,1-2H3,(H,19,21)/b11-8-. The molecule has 116 valence electrons. The summed E-state index contributed by atoms with van der Waals surface area (Å²) in [5, 5.41) is 14.6. The molecule has 1 rings (SSSR count). The first-order chi connectivity index (χ1) is 10.5. The monoisotopic (exact) mass is 321 g/mol. The Morgan fingerprint density at radius 1 is 1.45 bits per heavy atom. The summed E-state index contributed by atoms with van der Waals surface area (Å²) in [6.07, 6.45) is 1.17. The zero-order valence-electron chi connectivity index (χ0n) is 12.3. The van der Waals surface area contributed by atoms with Crippen molar-refractivity contribution in [1.29, 1.82) is 5.26 Å². The van der Waals surface area contributed by atoms with Crippen molar-refractivity contribution in [2.45, 2.75) is 13.8 Å². The van der Waals surface area contributed by atoms with E-state index in [9.17, 15) is 9.59 Å². The smallest absolute Gasteiger partial charge is 0.325 e. The molecule has 0 fully saturated rings. The molecule has 7 heteroatoms. The first-order valence-corrected chi connectivity index (χ1v) is 6.92. The van der Waals surface area contributed by atoms with Crippen molar-refractivity contribution >= 4 is 29.2 Å². The molecule has 22 heavy (non-hydrogen) atoms. The molecule has 0 aromatic heterocycles. The molecular formula is C15H16ClN3O3. The van der Waals surface area contributed by atoms with E-state index in [1.165, 1.54) is 6.20 Å². The van der Waals surface area contributed by atoms with Crippen LogP contribution in [-0.2, 0) is 14.3 Å². The Morgan fingerprint density at radius 2 is 2.18 bits per heavy atom. The largest absolute Gasteiger partial charge is 0.465 e. The normalized spacial score (nSPS) is 10.5. The molecule has 0 saturated carbocycles. The van der Waals surface area contributed by atoms with Crippen molar-refractivity contribution in [3.63, 3.8) is 0 Å². The number of halogens is 1. The highest BCUT2D eigenvalue weighted by molar-refractivity contribution is 6.31. The number of esters is 1. The molecule has 1 aromatic rings. The van der Waals surface area contributed by atoms with Gasteiger partial charge in [-0.1, -0.05) is 17.7 Å². The molecule has 0 heterocycles. The number of hydrogen-bond acceptors (Lipinski definition) is 5. The van der Waals surface area contributed by atoms with Gasteiger partial charge in [0.25, 0.3) is 5.91 Å². The summed E-state index contributed by atoms with van der Waals surface area (Å²) < 4.78 is 4.71. The van der Waals surface area contributed by atoms with Crippen molar-refractivity contribution in [2.24, 2.45) is 0 Å². The second kappa shape index (κ2) is 8.70. The van der Waals surface area contributed by atoms with Gasteiger partial charge in [-0.25, -0.2) is 0 Å². The van der Waals surface area contributed by atoms with Crippen LogP contribution in [0.15, 0.2) is 30.0 Å². The molecule has 0 aliphatic heterocycles. The molecule has 6 nitrogen and oxygen atoms in total. The maximum Gasteiger partial charge on any atom is 0.325 e. The Labute approximate surface area is 133 Å². The number of benzene rings is 1. The minimum Gasteiger partial charge on any atom is -0.465 e. The average molecular weight is 322 g/mol. The highest BCUT2D eigenvalue weighted by Gasteiger charge is 2.10. The Hall–Kier alpha value is -2.52. The van der Waals surface area contributed by atoms with Gasteiger partial charge in [-0.15, -0.1) is 0 Å². The molecule has 0 atom stereocenters. The predicted molar refractivity (Wildman–Crippen MR) is 83.2 cm³/mol. The topological polar surface area (TPSA) is 91.2 Å². The predicted octanol–water partition coefficient (Wildman–Crippen LogP) is 2.15. The van der Waals surface area contributed by atoms with Gasteiger partial charge in [0.2, 0.25) is 0 Å². The van der Waals surface area contributed by atoms with Crippen molar-refractivity contribution in [3.8, 4) is 6.07 Å². The number of carbonyl (C=O) groups excluding carboxylic acids is 2. The number of carbonyl (C=O) groups is 2. The summed E-state index contributed by atoms with van der Waals surface area (Å²) in [6.45, 7) is 3.68. The van der Waals surface area contributed by atoms with Crippen molar-refractivity contribution < 1.29 is 14.3 Å². The molecule has 0 radical (unpaired) electrons. The molecule has 0 bridgehead atoms. The number of aryl methyl sites for hydroxylation is 1. The van der Waals surface area contributed by atoms with Crippen LogP contribution in [0.2, 0.25) is 5.02 Å². The fourth-order valence-corrected chi connectivity index (χ4v) is 1.65. The summed E-state index contributed by atoms with van der Waals surface area (Å²) in [7, 11) is 0. The van der Waals surface area contributed by atoms with Crippen LogP contribution in [0.3, 0.4) is 0 Å². The molecule has 0 saturated heterocycles. The maximum absolute atomic E-state index is 11.9. The van der Waals surface area contributed by atoms with Gasteiger partial charge in [-0.05, 0) is 31.5 Å². The Kier molecular flexibility index (Phi) is 6.93. The zero-order valence-corrected chi connectivity index (χ0v) is 13.0. The molecular weight excluding hydrogens is 306 g/mol. The number of nitrogens with one attached hydrogen (secondary N) is 2. The molecule has 0 aliphatic carbocycles. The van der Waals surface area contributed by atoms with Gasteiger partial charge in [0.15, 0.2) is 0 Å². The van der Waals surface area contributed by atoms with E-state index < -0.39 is 11.9 Å². The van der Waals surface area contributed by atoms with Crippen molar-refractivity contribution in [2.75, 3.05) is 18.5 Å². The van der Waals surface area contributed by atoms with E-state index in [2.05, 4.69) is 10.6 Å². The lowest BCUT2D eigenvalue weighted by Crippen LogP contribution is -2.22. The number of anilines is 1. The molecule has 0 unspecified atom stereocenters.